The minimum absolute atomic E-state index is 0.0681. The van der Waals surface area contributed by atoms with E-state index in [0.717, 1.165) is 5.56 Å². The van der Waals surface area contributed by atoms with Gasteiger partial charge in [0.1, 0.15) is 5.75 Å². The second kappa shape index (κ2) is 7.75. The van der Waals surface area contributed by atoms with Gasteiger partial charge < -0.3 is 15.3 Å². The van der Waals surface area contributed by atoms with Crippen LogP contribution in [-0.4, -0.2) is 31.7 Å². The number of fused-ring (bicyclic) bond motifs is 1. The Balaban J connectivity index is 1.69. The third-order valence-corrected chi connectivity index (χ3v) is 4.89. The van der Waals surface area contributed by atoms with Crippen LogP contribution in [0.5, 0.6) is 17.5 Å². The molecule has 0 unspecified atom stereocenters. The molecule has 3 N–H and O–H groups in total. The molecule has 0 radical (unpaired) electrons. The number of carbonyl (C=O) groups is 2. The number of azo groups is 1. The molecule has 1 heterocycles. The van der Waals surface area contributed by atoms with Gasteiger partial charge in [-0.25, -0.2) is 0 Å². The molecule has 0 aliphatic carbocycles. The largest absolute Gasteiger partial charge is 0.507 e. The molecule has 3 aromatic carbocycles. The Morgan fingerprint density at radius 3 is 2.16 bits per heavy atom. The second-order valence-corrected chi connectivity index (χ2v) is 6.86. The molecule has 0 aliphatic heterocycles. The van der Waals surface area contributed by atoms with E-state index >= 15 is 0 Å². The Kier molecular flexibility index (Phi) is 4.96. The monoisotopic (exact) mass is 415 g/mol. The number of rotatable bonds is 3. The first kappa shape index (κ1) is 19.8. The number of nitrogens with zero attached hydrogens (tertiary/aromatic N) is 3. The maximum Gasteiger partial charge on any atom is 0.299 e. The van der Waals surface area contributed by atoms with Crippen LogP contribution in [0.15, 0.2) is 77.0 Å². The summed E-state index contributed by atoms with van der Waals surface area (Å²) in [6.45, 7) is 1.84. The summed E-state index contributed by atoms with van der Waals surface area (Å²) in [6, 6.07) is 17.3. The molecule has 4 aromatic rings. The number of phenolic OH excluding ortho intramolecular Hbond substituents is 1. The summed E-state index contributed by atoms with van der Waals surface area (Å²) in [7, 11) is 0. The number of carbonyl (C=O) groups excluding carboxylic acids is 2. The lowest BCUT2D eigenvalue weighted by Crippen LogP contribution is -1.98. The van der Waals surface area contributed by atoms with Gasteiger partial charge in [0.05, 0.1) is 11.3 Å². The van der Waals surface area contributed by atoms with E-state index in [1.165, 1.54) is 34.9 Å². The van der Waals surface area contributed by atoms with Gasteiger partial charge in [-0.05, 0) is 48.9 Å². The van der Waals surface area contributed by atoms with Crippen LogP contribution in [0.3, 0.4) is 0 Å². The van der Waals surface area contributed by atoms with Crippen LogP contribution in [0.1, 0.15) is 26.3 Å². The van der Waals surface area contributed by atoms with Gasteiger partial charge in [-0.3, -0.25) is 14.2 Å². The summed E-state index contributed by atoms with van der Waals surface area (Å²) in [5.74, 6) is -2.35. The highest BCUT2D eigenvalue weighted by atomic mass is 16.3. The second-order valence-electron chi connectivity index (χ2n) is 6.86. The number of hydrogen-bond donors (Lipinski definition) is 3. The van der Waals surface area contributed by atoms with E-state index in [1.807, 2.05) is 19.1 Å². The van der Waals surface area contributed by atoms with Gasteiger partial charge in [-0.15, -0.1) is 10.2 Å². The summed E-state index contributed by atoms with van der Waals surface area (Å²) < 4.78 is 1.29. The topological polar surface area (TPSA) is 124 Å². The number of amides is 2. The van der Waals surface area contributed by atoms with E-state index in [9.17, 15) is 24.9 Å². The van der Waals surface area contributed by atoms with E-state index in [4.69, 9.17) is 0 Å². The van der Waals surface area contributed by atoms with Crippen LogP contribution in [0, 0.1) is 6.92 Å². The number of para-hydroxylation sites is 2. The Hall–Kier alpha value is -4.46. The van der Waals surface area contributed by atoms with Crippen molar-refractivity contribution in [3.05, 3.63) is 83.4 Å². The van der Waals surface area contributed by atoms with Crippen LogP contribution >= 0.6 is 0 Å². The number of aromatic nitrogens is 1. The fourth-order valence-corrected chi connectivity index (χ4v) is 3.30. The van der Waals surface area contributed by atoms with Gasteiger partial charge in [-0.1, -0.05) is 30.3 Å². The summed E-state index contributed by atoms with van der Waals surface area (Å²) in [5, 5.41) is 38.4. The van der Waals surface area contributed by atoms with Gasteiger partial charge in [0, 0.05) is 16.3 Å². The average Bonchev–Trinajstić information content (AvgIpc) is 3.02. The van der Waals surface area contributed by atoms with Crippen LogP contribution in [-0.2, 0) is 0 Å². The van der Waals surface area contributed by atoms with Crippen LogP contribution in [0.4, 0.5) is 0 Å². The molecule has 154 valence electrons. The first-order chi connectivity index (χ1) is 14.9. The summed E-state index contributed by atoms with van der Waals surface area (Å²) in [4.78, 5) is 24.5. The van der Waals surface area contributed by atoms with Crippen molar-refractivity contribution in [1.29, 1.82) is 0 Å². The highest BCUT2D eigenvalue weighted by molar-refractivity contribution is 6.03. The molecular weight excluding hydrogens is 398 g/mol. The predicted octanol–water partition coefficient (Wildman–Crippen LogP) is 4.49. The Labute approximate surface area is 176 Å². The van der Waals surface area contributed by atoms with Gasteiger partial charge in [-0.2, -0.15) is 0 Å². The number of benzene rings is 3. The van der Waals surface area contributed by atoms with E-state index in [-0.39, 0.29) is 34.0 Å². The minimum atomic E-state index is -0.862. The van der Waals surface area contributed by atoms with Crippen molar-refractivity contribution in [3.63, 3.8) is 0 Å². The van der Waals surface area contributed by atoms with Gasteiger partial charge in [0.2, 0.25) is 11.8 Å². The van der Waals surface area contributed by atoms with Crippen molar-refractivity contribution in [2.24, 2.45) is 10.2 Å². The Morgan fingerprint density at radius 2 is 1.42 bits per heavy atom. The molecule has 0 aliphatic rings. The minimum Gasteiger partial charge on any atom is -0.507 e. The van der Waals surface area contributed by atoms with Crippen molar-refractivity contribution >= 4 is 22.6 Å². The summed E-state index contributed by atoms with van der Waals surface area (Å²) in [6.07, 6.45) is 0. The maximum absolute atomic E-state index is 12.4. The van der Waals surface area contributed by atoms with E-state index in [0.29, 0.717) is 11.1 Å². The normalized spacial score (nSPS) is 11.3. The quantitative estimate of drug-likeness (QED) is 0.425. The van der Waals surface area contributed by atoms with E-state index in [1.54, 1.807) is 24.3 Å². The fourth-order valence-electron chi connectivity index (χ4n) is 3.30. The van der Waals surface area contributed by atoms with Crippen molar-refractivity contribution in [1.82, 2.24) is 4.57 Å². The molecule has 0 fully saturated rings. The van der Waals surface area contributed by atoms with Gasteiger partial charge in [0.25, 0.3) is 11.8 Å². The molecule has 8 heteroatoms. The van der Waals surface area contributed by atoms with Crippen molar-refractivity contribution in [2.45, 2.75) is 6.92 Å². The number of hydrogen-bond acceptors (Lipinski definition) is 5. The molecule has 0 atom stereocenters. The third kappa shape index (κ3) is 3.51. The maximum atomic E-state index is 12.4. The van der Waals surface area contributed by atoms with Crippen LogP contribution < -0.4 is 0 Å². The molecule has 8 nitrogen and oxygen atoms in total. The molecule has 0 saturated carbocycles. The molecule has 0 spiro atoms. The molecule has 4 rings (SSSR count). The molecule has 31 heavy (non-hydrogen) atoms. The predicted molar refractivity (Wildman–Crippen MR) is 113 cm³/mol. The lowest BCUT2D eigenvalue weighted by Gasteiger charge is -2.09. The zero-order valence-electron chi connectivity index (χ0n) is 16.4. The van der Waals surface area contributed by atoms with Crippen molar-refractivity contribution < 1.29 is 24.9 Å². The Bertz CT molecular complexity index is 1370. The third-order valence-electron chi connectivity index (χ3n) is 4.89. The summed E-state index contributed by atoms with van der Waals surface area (Å²) in [5.41, 5.74) is 1.42. The SMILES string of the molecule is Cc1ccccc1-n1c(O)c2ccc(C(=O)N=NC(=O)c3ccccc3O)cc2c1O. The first-order valence-electron chi connectivity index (χ1n) is 9.29. The molecule has 0 saturated heterocycles. The molecule has 0 bridgehead atoms. The zero-order chi connectivity index (χ0) is 22.1. The zero-order valence-corrected chi connectivity index (χ0v) is 16.4. The smallest absolute Gasteiger partial charge is 0.299 e. The molecule has 2 amide bonds. The van der Waals surface area contributed by atoms with Gasteiger partial charge >= 0.3 is 0 Å². The van der Waals surface area contributed by atoms with Crippen LogP contribution in [0.25, 0.3) is 16.5 Å². The van der Waals surface area contributed by atoms with Crippen molar-refractivity contribution in [2.75, 3.05) is 0 Å². The van der Waals surface area contributed by atoms with Crippen molar-refractivity contribution in [3.8, 4) is 23.2 Å². The van der Waals surface area contributed by atoms with Gasteiger partial charge in [0.15, 0.2) is 0 Å². The Morgan fingerprint density at radius 1 is 0.774 bits per heavy atom. The lowest BCUT2D eigenvalue weighted by atomic mass is 10.1. The standard InChI is InChI=1S/C23H17N3O5/c1-13-6-2-4-8-18(13)26-22(30)15-11-10-14(12-17(15)23(26)31)20(28)24-25-21(29)16-7-3-5-9-19(16)27/h2-12,27,30-31H,1H3. The first-order valence-corrected chi connectivity index (χ1v) is 9.29. The number of aromatic hydroxyl groups is 3. The van der Waals surface area contributed by atoms with E-state index < -0.39 is 11.8 Å². The van der Waals surface area contributed by atoms with E-state index in [2.05, 4.69) is 10.2 Å². The highest BCUT2D eigenvalue weighted by Gasteiger charge is 2.20. The number of phenols is 1. The summed E-state index contributed by atoms with van der Waals surface area (Å²) >= 11 is 0. The lowest BCUT2D eigenvalue weighted by molar-refractivity contribution is 0.0945. The molecule has 1 aromatic heterocycles. The highest BCUT2D eigenvalue weighted by Crippen LogP contribution is 2.40. The fraction of sp³-hybridized carbons (Fsp3) is 0.0435. The average molecular weight is 415 g/mol. The number of aryl methyl sites for hydroxylation is 1. The molecular formula is C23H17N3O5. The van der Waals surface area contributed by atoms with Crippen LogP contribution in [0.2, 0.25) is 0 Å².